The molecule has 0 saturated heterocycles. The largest absolute Gasteiger partial charge is 0.573 e. The number of hydrogen-bond donors (Lipinski definition) is 1. The van der Waals surface area contributed by atoms with E-state index in [0.717, 1.165) is 0 Å². The van der Waals surface area contributed by atoms with E-state index in [9.17, 15) is 13.2 Å². The Balaban J connectivity index is 1.70. The van der Waals surface area contributed by atoms with Gasteiger partial charge < -0.3 is 10.1 Å². The highest BCUT2D eigenvalue weighted by Gasteiger charge is 2.31. The van der Waals surface area contributed by atoms with Gasteiger partial charge in [-0.2, -0.15) is 0 Å². The molecular formula is C15H11F3N4OS. The first-order valence-electron chi connectivity index (χ1n) is 6.84. The second kappa shape index (κ2) is 6.83. The van der Waals surface area contributed by atoms with Gasteiger partial charge in [0, 0.05) is 18.3 Å². The minimum atomic E-state index is -4.73. The third kappa shape index (κ3) is 4.19. The van der Waals surface area contributed by atoms with Gasteiger partial charge in [-0.15, -0.1) is 23.4 Å². The van der Waals surface area contributed by atoms with Crippen molar-refractivity contribution in [2.75, 3.05) is 5.32 Å². The summed E-state index contributed by atoms with van der Waals surface area (Å²) in [6.45, 7) is 0.128. The van der Waals surface area contributed by atoms with Crippen LogP contribution in [0.2, 0.25) is 0 Å². The first-order chi connectivity index (χ1) is 11.5. The van der Waals surface area contributed by atoms with E-state index in [-0.39, 0.29) is 12.3 Å². The van der Waals surface area contributed by atoms with Crippen LogP contribution < -0.4 is 10.1 Å². The molecule has 0 unspecified atom stereocenters. The fourth-order valence-corrected chi connectivity index (χ4v) is 2.65. The highest BCUT2D eigenvalue weighted by molar-refractivity contribution is 7.18. The molecule has 0 fully saturated rings. The van der Waals surface area contributed by atoms with E-state index in [4.69, 9.17) is 0 Å². The summed E-state index contributed by atoms with van der Waals surface area (Å²) in [6.07, 6.45) is -3.08. The Labute approximate surface area is 139 Å². The zero-order valence-corrected chi connectivity index (χ0v) is 12.9. The van der Waals surface area contributed by atoms with Crippen molar-refractivity contribution in [2.24, 2.45) is 0 Å². The van der Waals surface area contributed by atoms with Gasteiger partial charge in [0.1, 0.15) is 11.4 Å². The Bertz CT molecular complexity index is 808. The van der Waals surface area contributed by atoms with E-state index in [1.165, 1.54) is 23.5 Å². The highest BCUT2D eigenvalue weighted by Crippen LogP contribution is 2.28. The molecule has 0 aliphatic carbocycles. The maximum Gasteiger partial charge on any atom is 0.573 e. The Morgan fingerprint density at radius 1 is 1.04 bits per heavy atom. The summed E-state index contributed by atoms with van der Waals surface area (Å²) in [6, 6.07) is 11.4. The minimum Gasteiger partial charge on any atom is -0.405 e. The number of alkyl halides is 3. The molecule has 2 heterocycles. The molecule has 2 aromatic heterocycles. The molecule has 0 aliphatic rings. The number of hydrogen-bond acceptors (Lipinski definition) is 6. The second-order valence-electron chi connectivity index (χ2n) is 4.64. The van der Waals surface area contributed by atoms with E-state index in [1.54, 1.807) is 30.5 Å². The summed E-state index contributed by atoms with van der Waals surface area (Å²) in [5.74, 6) is -0.244. The lowest BCUT2D eigenvalue weighted by atomic mass is 10.2. The number of rotatable bonds is 5. The summed E-state index contributed by atoms with van der Waals surface area (Å²) < 4.78 is 41.2. The third-order valence-electron chi connectivity index (χ3n) is 2.94. The summed E-state index contributed by atoms with van der Waals surface area (Å²) in [4.78, 5) is 4.17. The summed E-state index contributed by atoms with van der Waals surface area (Å²) in [5.41, 5.74) is 1.05. The lowest BCUT2D eigenvalue weighted by Gasteiger charge is -2.13. The van der Waals surface area contributed by atoms with Crippen molar-refractivity contribution in [2.45, 2.75) is 12.9 Å². The first kappa shape index (κ1) is 16.2. The fraction of sp³-hybridized carbons (Fsp3) is 0.133. The average molecular weight is 352 g/mol. The Morgan fingerprint density at radius 2 is 1.83 bits per heavy atom. The van der Waals surface area contributed by atoms with Crippen LogP contribution in [-0.4, -0.2) is 21.5 Å². The summed E-state index contributed by atoms with van der Waals surface area (Å²) in [5, 5.41) is 12.0. The number of aromatic nitrogens is 3. The van der Waals surface area contributed by atoms with E-state index >= 15 is 0 Å². The van der Waals surface area contributed by atoms with Gasteiger partial charge in [-0.05, 0) is 18.2 Å². The lowest BCUT2D eigenvalue weighted by molar-refractivity contribution is -0.274. The van der Waals surface area contributed by atoms with E-state index in [0.29, 0.717) is 21.4 Å². The quantitative estimate of drug-likeness (QED) is 0.749. The normalized spacial score (nSPS) is 11.3. The number of pyridine rings is 1. The van der Waals surface area contributed by atoms with E-state index < -0.39 is 6.36 Å². The molecule has 1 N–H and O–H groups in total. The van der Waals surface area contributed by atoms with Crippen LogP contribution in [0, 0.1) is 0 Å². The molecule has 3 aromatic rings. The Morgan fingerprint density at radius 3 is 2.58 bits per heavy atom. The van der Waals surface area contributed by atoms with Crippen LogP contribution in [0.4, 0.5) is 18.3 Å². The predicted octanol–water partition coefficient (Wildman–Crippen LogP) is 4.11. The van der Waals surface area contributed by atoms with Gasteiger partial charge >= 0.3 is 6.36 Å². The van der Waals surface area contributed by atoms with Crippen molar-refractivity contribution >= 4 is 16.5 Å². The molecule has 1 aromatic carbocycles. The molecule has 0 aliphatic heterocycles. The van der Waals surface area contributed by atoms with Gasteiger partial charge in [0.25, 0.3) is 0 Å². The van der Waals surface area contributed by atoms with Crippen molar-refractivity contribution < 1.29 is 17.9 Å². The third-order valence-corrected chi connectivity index (χ3v) is 3.84. The summed E-state index contributed by atoms with van der Waals surface area (Å²) >= 11 is 1.27. The molecule has 0 amide bonds. The lowest BCUT2D eigenvalue weighted by Crippen LogP contribution is -2.18. The molecule has 124 valence electrons. The van der Waals surface area contributed by atoms with Crippen molar-refractivity contribution in [3.8, 4) is 16.5 Å². The predicted molar refractivity (Wildman–Crippen MR) is 83.6 cm³/mol. The fourth-order valence-electron chi connectivity index (χ4n) is 1.93. The second-order valence-corrected chi connectivity index (χ2v) is 5.61. The Kier molecular flexibility index (Phi) is 4.61. The van der Waals surface area contributed by atoms with Gasteiger partial charge in [0.15, 0.2) is 5.01 Å². The van der Waals surface area contributed by atoms with Crippen LogP contribution in [0.25, 0.3) is 10.7 Å². The smallest absolute Gasteiger partial charge is 0.405 e. The molecule has 5 nitrogen and oxygen atoms in total. The van der Waals surface area contributed by atoms with Gasteiger partial charge in [-0.25, -0.2) is 0 Å². The number of nitrogens with zero attached hydrogens (tertiary/aromatic N) is 3. The van der Waals surface area contributed by atoms with Crippen molar-refractivity contribution in [1.29, 1.82) is 0 Å². The Hall–Kier alpha value is -2.68. The van der Waals surface area contributed by atoms with Gasteiger partial charge in [0.2, 0.25) is 5.13 Å². The molecule has 0 radical (unpaired) electrons. The van der Waals surface area contributed by atoms with Crippen LogP contribution in [-0.2, 0) is 6.54 Å². The van der Waals surface area contributed by atoms with Crippen LogP contribution >= 0.6 is 11.3 Å². The van der Waals surface area contributed by atoms with Crippen molar-refractivity contribution in [1.82, 2.24) is 15.2 Å². The number of halogens is 3. The SMILES string of the molecule is FC(F)(F)Oc1ccccc1CNc1nnc(-c2ccccn2)s1. The standard InChI is InChI=1S/C15H11F3N4OS/c16-15(17,18)23-12-7-2-1-5-10(12)9-20-14-22-21-13(24-14)11-6-3-4-8-19-11/h1-8H,9H2,(H,20,22). The molecule has 24 heavy (non-hydrogen) atoms. The van der Waals surface area contributed by atoms with Gasteiger partial charge in [-0.1, -0.05) is 35.6 Å². The highest BCUT2D eigenvalue weighted by atomic mass is 32.1. The maximum atomic E-state index is 12.4. The van der Waals surface area contributed by atoms with Crippen LogP contribution in [0.3, 0.4) is 0 Å². The molecule has 0 atom stereocenters. The van der Waals surface area contributed by atoms with Crippen molar-refractivity contribution in [3.63, 3.8) is 0 Å². The maximum absolute atomic E-state index is 12.4. The number of para-hydroxylation sites is 1. The number of ether oxygens (including phenoxy) is 1. The zero-order valence-electron chi connectivity index (χ0n) is 12.1. The van der Waals surface area contributed by atoms with Crippen LogP contribution in [0.1, 0.15) is 5.56 Å². The summed E-state index contributed by atoms with van der Waals surface area (Å²) in [7, 11) is 0. The topological polar surface area (TPSA) is 59.9 Å². The molecule has 0 saturated carbocycles. The van der Waals surface area contributed by atoms with Crippen LogP contribution in [0.5, 0.6) is 5.75 Å². The average Bonchev–Trinajstić information content (AvgIpc) is 3.02. The van der Waals surface area contributed by atoms with Crippen molar-refractivity contribution in [3.05, 3.63) is 54.2 Å². The van der Waals surface area contributed by atoms with Gasteiger partial charge in [0.05, 0.1) is 0 Å². The monoisotopic (exact) mass is 352 g/mol. The van der Waals surface area contributed by atoms with Crippen LogP contribution in [0.15, 0.2) is 48.7 Å². The van der Waals surface area contributed by atoms with E-state index in [2.05, 4.69) is 25.2 Å². The number of nitrogens with one attached hydrogen (secondary N) is 1. The molecule has 0 bridgehead atoms. The number of anilines is 1. The van der Waals surface area contributed by atoms with Gasteiger partial charge in [-0.3, -0.25) is 4.98 Å². The zero-order chi connectivity index (χ0) is 17.0. The minimum absolute atomic E-state index is 0.128. The molecule has 3 rings (SSSR count). The van der Waals surface area contributed by atoms with E-state index in [1.807, 2.05) is 6.07 Å². The molecule has 9 heteroatoms. The molecule has 0 spiro atoms. The first-order valence-corrected chi connectivity index (χ1v) is 7.65. The molecular weight excluding hydrogens is 341 g/mol. The number of benzene rings is 1.